The van der Waals surface area contributed by atoms with Crippen LogP contribution < -0.4 is 5.32 Å². The van der Waals surface area contributed by atoms with E-state index in [4.69, 9.17) is 0 Å². The first-order valence-electron chi connectivity index (χ1n) is 8.94. The SMILES string of the molecule is CCCNC(c1cc(C)c(C)cc1C)C1CCCCCC1. The Bertz CT molecular complexity index is 441. The van der Waals surface area contributed by atoms with Crippen molar-refractivity contribution in [2.24, 2.45) is 5.92 Å². The first-order chi connectivity index (χ1) is 10.1. The molecule has 21 heavy (non-hydrogen) atoms. The molecule has 0 radical (unpaired) electrons. The quantitative estimate of drug-likeness (QED) is 0.693. The van der Waals surface area contributed by atoms with Crippen molar-refractivity contribution in [1.82, 2.24) is 5.32 Å². The minimum Gasteiger partial charge on any atom is -0.310 e. The van der Waals surface area contributed by atoms with Crippen LogP contribution in [0.1, 0.15) is 80.2 Å². The summed E-state index contributed by atoms with van der Waals surface area (Å²) in [5, 5.41) is 3.87. The third-order valence-corrected chi connectivity index (χ3v) is 5.20. The normalized spacial score (nSPS) is 18.5. The highest BCUT2D eigenvalue weighted by Crippen LogP contribution is 2.35. The molecule has 0 spiro atoms. The number of aryl methyl sites for hydroxylation is 3. The Morgan fingerprint density at radius 3 is 2.19 bits per heavy atom. The van der Waals surface area contributed by atoms with Gasteiger partial charge in [0.15, 0.2) is 0 Å². The van der Waals surface area contributed by atoms with Crippen molar-refractivity contribution in [2.45, 2.75) is 78.7 Å². The van der Waals surface area contributed by atoms with E-state index in [9.17, 15) is 0 Å². The molecule has 0 aromatic heterocycles. The van der Waals surface area contributed by atoms with Gasteiger partial charge in [0, 0.05) is 6.04 Å². The molecule has 1 aromatic carbocycles. The van der Waals surface area contributed by atoms with Gasteiger partial charge in [-0.1, -0.05) is 44.7 Å². The highest BCUT2D eigenvalue weighted by molar-refractivity contribution is 5.38. The maximum Gasteiger partial charge on any atom is 0.0351 e. The molecule has 1 aliphatic carbocycles. The fraction of sp³-hybridized carbons (Fsp3) is 0.700. The molecule has 2 rings (SSSR count). The predicted molar refractivity (Wildman–Crippen MR) is 92.9 cm³/mol. The van der Waals surface area contributed by atoms with E-state index in [0.29, 0.717) is 6.04 Å². The summed E-state index contributed by atoms with van der Waals surface area (Å²) in [5.74, 6) is 0.819. The zero-order valence-electron chi connectivity index (χ0n) is 14.5. The predicted octanol–water partition coefficient (Wildman–Crippen LogP) is 5.62. The molecule has 0 bridgehead atoms. The van der Waals surface area contributed by atoms with E-state index in [2.05, 4.69) is 45.1 Å². The maximum atomic E-state index is 3.87. The van der Waals surface area contributed by atoms with E-state index in [0.717, 1.165) is 12.5 Å². The van der Waals surface area contributed by atoms with E-state index in [-0.39, 0.29) is 0 Å². The Morgan fingerprint density at radius 2 is 1.57 bits per heavy atom. The summed E-state index contributed by atoms with van der Waals surface area (Å²) >= 11 is 0. The van der Waals surface area contributed by atoms with Gasteiger partial charge in [-0.2, -0.15) is 0 Å². The van der Waals surface area contributed by atoms with Crippen LogP contribution >= 0.6 is 0 Å². The monoisotopic (exact) mass is 287 g/mol. The molecule has 1 nitrogen and oxygen atoms in total. The zero-order chi connectivity index (χ0) is 15.2. The van der Waals surface area contributed by atoms with Gasteiger partial charge >= 0.3 is 0 Å². The molecule has 0 saturated heterocycles. The van der Waals surface area contributed by atoms with Gasteiger partial charge in [-0.15, -0.1) is 0 Å². The van der Waals surface area contributed by atoms with Crippen LogP contribution in [-0.2, 0) is 0 Å². The Labute approximate surface area is 131 Å². The molecule has 0 heterocycles. The highest BCUT2D eigenvalue weighted by Gasteiger charge is 2.25. The smallest absolute Gasteiger partial charge is 0.0351 e. The van der Waals surface area contributed by atoms with Gasteiger partial charge in [0.05, 0.1) is 0 Å². The van der Waals surface area contributed by atoms with Crippen molar-refractivity contribution in [2.75, 3.05) is 6.54 Å². The van der Waals surface area contributed by atoms with E-state index in [1.54, 1.807) is 5.56 Å². The van der Waals surface area contributed by atoms with Gasteiger partial charge in [-0.25, -0.2) is 0 Å². The highest BCUT2D eigenvalue weighted by atomic mass is 14.9. The molecule has 1 aliphatic rings. The Morgan fingerprint density at radius 1 is 0.952 bits per heavy atom. The van der Waals surface area contributed by atoms with Crippen LogP contribution in [0.4, 0.5) is 0 Å². The maximum absolute atomic E-state index is 3.87. The molecule has 0 aliphatic heterocycles. The summed E-state index contributed by atoms with van der Waals surface area (Å²) in [6.45, 7) is 10.2. The lowest BCUT2D eigenvalue weighted by Crippen LogP contribution is -2.29. The van der Waals surface area contributed by atoms with E-state index < -0.39 is 0 Å². The Hall–Kier alpha value is -0.820. The van der Waals surface area contributed by atoms with Gasteiger partial charge in [0.25, 0.3) is 0 Å². The third-order valence-electron chi connectivity index (χ3n) is 5.20. The second-order valence-corrected chi connectivity index (χ2v) is 6.98. The van der Waals surface area contributed by atoms with Crippen LogP contribution in [0.2, 0.25) is 0 Å². The van der Waals surface area contributed by atoms with Gasteiger partial charge in [-0.3, -0.25) is 0 Å². The van der Waals surface area contributed by atoms with Crippen LogP contribution in [0.5, 0.6) is 0 Å². The average molecular weight is 287 g/mol. The summed E-state index contributed by atoms with van der Waals surface area (Å²) in [4.78, 5) is 0. The second-order valence-electron chi connectivity index (χ2n) is 6.98. The van der Waals surface area contributed by atoms with Gasteiger partial charge in [-0.05, 0) is 74.8 Å². The van der Waals surface area contributed by atoms with Crippen molar-refractivity contribution in [3.63, 3.8) is 0 Å². The molecular weight excluding hydrogens is 254 g/mol. The molecule has 1 aromatic rings. The number of hydrogen-bond acceptors (Lipinski definition) is 1. The van der Waals surface area contributed by atoms with Crippen LogP contribution in [0.3, 0.4) is 0 Å². The first-order valence-corrected chi connectivity index (χ1v) is 8.94. The number of benzene rings is 1. The van der Waals surface area contributed by atoms with E-state index in [1.165, 1.54) is 61.6 Å². The number of rotatable bonds is 5. The van der Waals surface area contributed by atoms with Crippen LogP contribution in [0, 0.1) is 26.7 Å². The third kappa shape index (κ3) is 4.32. The lowest BCUT2D eigenvalue weighted by molar-refractivity contribution is 0.324. The zero-order valence-corrected chi connectivity index (χ0v) is 14.5. The summed E-state index contributed by atoms with van der Waals surface area (Å²) in [7, 11) is 0. The molecule has 1 fully saturated rings. The summed E-state index contributed by atoms with van der Waals surface area (Å²) in [6, 6.07) is 5.38. The number of nitrogens with one attached hydrogen (secondary N) is 1. The van der Waals surface area contributed by atoms with Crippen LogP contribution in [0.25, 0.3) is 0 Å². The Kier molecular flexibility index (Phi) is 6.29. The van der Waals surface area contributed by atoms with Crippen molar-refractivity contribution < 1.29 is 0 Å². The molecular formula is C20H33N. The summed E-state index contributed by atoms with van der Waals surface area (Å²) in [6.07, 6.45) is 9.71. The molecule has 1 atom stereocenters. The molecule has 1 saturated carbocycles. The lowest BCUT2D eigenvalue weighted by atomic mass is 9.84. The molecule has 0 amide bonds. The second kappa shape index (κ2) is 7.98. The minimum absolute atomic E-state index is 0.558. The topological polar surface area (TPSA) is 12.0 Å². The van der Waals surface area contributed by atoms with Gasteiger partial charge in [0.1, 0.15) is 0 Å². The van der Waals surface area contributed by atoms with E-state index in [1.807, 2.05) is 0 Å². The van der Waals surface area contributed by atoms with Crippen molar-refractivity contribution in [3.05, 3.63) is 34.4 Å². The molecule has 118 valence electrons. The van der Waals surface area contributed by atoms with Gasteiger partial charge in [0.2, 0.25) is 0 Å². The molecule has 1 unspecified atom stereocenters. The van der Waals surface area contributed by atoms with Crippen molar-refractivity contribution in [3.8, 4) is 0 Å². The van der Waals surface area contributed by atoms with Gasteiger partial charge < -0.3 is 5.32 Å². The first kappa shape index (κ1) is 16.5. The largest absolute Gasteiger partial charge is 0.310 e. The standard InChI is InChI=1S/C20H33N/c1-5-12-21-20(18-10-8-6-7-9-11-18)19-14-16(3)15(2)13-17(19)4/h13-14,18,20-21H,5-12H2,1-4H3. The average Bonchev–Trinajstić information content (AvgIpc) is 2.74. The van der Waals surface area contributed by atoms with Crippen LogP contribution in [-0.4, -0.2) is 6.54 Å². The van der Waals surface area contributed by atoms with Crippen LogP contribution in [0.15, 0.2) is 12.1 Å². The minimum atomic E-state index is 0.558. The Balaban J connectivity index is 2.27. The molecule has 1 heteroatoms. The summed E-state index contributed by atoms with van der Waals surface area (Å²) < 4.78 is 0. The van der Waals surface area contributed by atoms with Crippen molar-refractivity contribution >= 4 is 0 Å². The lowest BCUT2D eigenvalue weighted by Gasteiger charge is -2.30. The molecule has 1 N–H and O–H groups in total. The van der Waals surface area contributed by atoms with Crippen molar-refractivity contribution in [1.29, 1.82) is 0 Å². The van der Waals surface area contributed by atoms with E-state index >= 15 is 0 Å². The fourth-order valence-electron chi connectivity index (χ4n) is 3.79. The fourth-order valence-corrected chi connectivity index (χ4v) is 3.79. The summed E-state index contributed by atoms with van der Waals surface area (Å²) in [5.41, 5.74) is 5.88. The number of hydrogen-bond donors (Lipinski definition) is 1.